The number of amides is 2. The summed E-state index contributed by atoms with van der Waals surface area (Å²) in [5.74, 6) is -0.190. The zero-order valence-corrected chi connectivity index (χ0v) is 15.6. The van der Waals surface area contributed by atoms with Crippen LogP contribution in [0, 0.1) is 5.92 Å². The van der Waals surface area contributed by atoms with Crippen molar-refractivity contribution in [1.29, 1.82) is 0 Å². The van der Waals surface area contributed by atoms with Crippen molar-refractivity contribution in [2.75, 3.05) is 51.7 Å². The van der Waals surface area contributed by atoms with E-state index < -0.39 is 0 Å². The van der Waals surface area contributed by atoms with Gasteiger partial charge < -0.3 is 20.0 Å². The average Bonchev–Trinajstić information content (AvgIpc) is 3.28. The Bertz CT molecular complexity index is 678. The highest BCUT2D eigenvalue weighted by Crippen LogP contribution is 2.20. The molecule has 26 heavy (non-hydrogen) atoms. The molecule has 140 valence electrons. The maximum atomic E-state index is 12.5. The molecule has 6 nitrogen and oxygen atoms in total. The first-order valence-corrected chi connectivity index (χ1v) is 9.22. The highest BCUT2D eigenvalue weighted by atomic mass is 16.2. The van der Waals surface area contributed by atoms with Gasteiger partial charge in [-0.25, -0.2) is 0 Å². The van der Waals surface area contributed by atoms with Crippen LogP contribution in [0.1, 0.15) is 12.0 Å². The molecule has 1 aromatic rings. The smallest absolute Gasteiger partial charge is 0.225 e. The minimum absolute atomic E-state index is 0.0288. The third-order valence-corrected chi connectivity index (χ3v) is 4.96. The van der Waals surface area contributed by atoms with E-state index in [1.54, 1.807) is 4.90 Å². The summed E-state index contributed by atoms with van der Waals surface area (Å²) in [6, 6.07) is 8.26. The molecule has 0 bridgehead atoms. The molecule has 0 aromatic heterocycles. The Hall–Kier alpha value is -2.34. The van der Waals surface area contributed by atoms with Crippen molar-refractivity contribution in [2.24, 2.45) is 5.92 Å². The molecule has 3 rings (SSSR count). The number of nitrogens with one attached hydrogen (secondary N) is 1. The first kappa shape index (κ1) is 18.5. The van der Waals surface area contributed by atoms with Crippen LogP contribution in [0.4, 0.5) is 5.69 Å². The molecule has 1 atom stereocenters. The molecular weight excluding hydrogens is 328 g/mol. The van der Waals surface area contributed by atoms with Crippen LogP contribution in [-0.4, -0.2) is 68.4 Å². The molecule has 0 spiro atoms. The third-order valence-electron chi connectivity index (χ3n) is 4.96. The summed E-state index contributed by atoms with van der Waals surface area (Å²) < 4.78 is 0. The molecule has 2 amide bonds. The first-order chi connectivity index (χ1) is 12.5. The molecule has 1 saturated heterocycles. The van der Waals surface area contributed by atoms with Crippen LogP contribution in [0.5, 0.6) is 0 Å². The van der Waals surface area contributed by atoms with Crippen LogP contribution in [0.15, 0.2) is 36.4 Å². The van der Waals surface area contributed by atoms with Gasteiger partial charge in [0, 0.05) is 51.4 Å². The van der Waals surface area contributed by atoms with Gasteiger partial charge in [0.05, 0.1) is 5.92 Å². The molecule has 2 aliphatic rings. The summed E-state index contributed by atoms with van der Waals surface area (Å²) in [6.45, 7) is 4.39. The maximum Gasteiger partial charge on any atom is 0.225 e. The molecule has 1 fully saturated rings. The van der Waals surface area contributed by atoms with Crippen molar-refractivity contribution < 1.29 is 9.59 Å². The Labute approximate surface area is 155 Å². The number of carbonyl (C=O) groups is 2. The predicted octanol–water partition coefficient (Wildman–Crippen LogP) is 1.09. The molecule has 6 heteroatoms. The van der Waals surface area contributed by atoms with E-state index in [2.05, 4.69) is 34.5 Å². The summed E-state index contributed by atoms with van der Waals surface area (Å²) in [5.41, 5.74) is 2.25. The van der Waals surface area contributed by atoms with Gasteiger partial charge in [-0.15, -0.1) is 0 Å². The number of likely N-dealkylation sites (tertiary alicyclic amines) is 1. The zero-order valence-electron chi connectivity index (χ0n) is 15.6. The maximum absolute atomic E-state index is 12.5. The molecular formula is C20H28N4O2. The number of hydrogen-bond acceptors (Lipinski definition) is 4. The topological polar surface area (TPSA) is 55.9 Å². The van der Waals surface area contributed by atoms with Crippen molar-refractivity contribution >= 4 is 17.5 Å². The van der Waals surface area contributed by atoms with E-state index in [-0.39, 0.29) is 17.7 Å². The van der Waals surface area contributed by atoms with Crippen molar-refractivity contribution in [3.05, 3.63) is 42.0 Å². The van der Waals surface area contributed by atoms with Gasteiger partial charge in [0.2, 0.25) is 11.8 Å². The molecule has 1 N–H and O–H groups in total. The lowest BCUT2D eigenvalue weighted by Gasteiger charge is -2.19. The van der Waals surface area contributed by atoms with E-state index in [9.17, 15) is 9.59 Å². The SMILES string of the molecule is CN(C)CCN1CC(C(=O)NCc2cccc(N3CC=CC3)c2)CC1=O. The zero-order chi connectivity index (χ0) is 18.5. The number of nitrogens with zero attached hydrogens (tertiary/aromatic N) is 3. The van der Waals surface area contributed by atoms with E-state index >= 15 is 0 Å². The number of hydrogen-bond donors (Lipinski definition) is 1. The average molecular weight is 356 g/mol. The Balaban J connectivity index is 1.50. The minimum Gasteiger partial charge on any atom is -0.364 e. The van der Waals surface area contributed by atoms with E-state index in [0.717, 1.165) is 25.2 Å². The lowest BCUT2D eigenvalue weighted by Crippen LogP contribution is -2.35. The number of benzene rings is 1. The third kappa shape index (κ3) is 4.64. The Kier molecular flexibility index (Phi) is 5.93. The summed E-state index contributed by atoms with van der Waals surface area (Å²) >= 11 is 0. The van der Waals surface area contributed by atoms with Crippen LogP contribution in [0.25, 0.3) is 0 Å². The van der Waals surface area contributed by atoms with E-state index in [4.69, 9.17) is 0 Å². The molecule has 2 heterocycles. The number of likely N-dealkylation sites (N-methyl/N-ethyl adjacent to an activating group) is 1. The Morgan fingerprint density at radius 2 is 2.04 bits per heavy atom. The lowest BCUT2D eigenvalue weighted by atomic mass is 10.1. The number of carbonyl (C=O) groups excluding carboxylic acids is 2. The van der Waals surface area contributed by atoms with Gasteiger partial charge in [0.25, 0.3) is 0 Å². The van der Waals surface area contributed by atoms with Crippen LogP contribution in [0.3, 0.4) is 0 Å². The summed E-state index contributed by atoms with van der Waals surface area (Å²) in [5, 5.41) is 3.00. The molecule has 1 unspecified atom stereocenters. The number of anilines is 1. The van der Waals surface area contributed by atoms with Crippen LogP contribution >= 0.6 is 0 Å². The highest BCUT2D eigenvalue weighted by molar-refractivity contribution is 5.89. The predicted molar refractivity (Wildman–Crippen MR) is 103 cm³/mol. The van der Waals surface area contributed by atoms with E-state index in [1.165, 1.54) is 5.69 Å². The van der Waals surface area contributed by atoms with Gasteiger partial charge in [-0.2, -0.15) is 0 Å². The monoisotopic (exact) mass is 356 g/mol. The molecule has 0 aliphatic carbocycles. The lowest BCUT2D eigenvalue weighted by molar-refractivity contribution is -0.129. The molecule has 0 radical (unpaired) electrons. The summed E-state index contributed by atoms with van der Waals surface area (Å²) in [4.78, 5) is 30.7. The Morgan fingerprint density at radius 3 is 2.77 bits per heavy atom. The van der Waals surface area contributed by atoms with E-state index in [0.29, 0.717) is 26.1 Å². The highest BCUT2D eigenvalue weighted by Gasteiger charge is 2.33. The fourth-order valence-electron chi connectivity index (χ4n) is 3.37. The quantitative estimate of drug-likeness (QED) is 0.743. The van der Waals surface area contributed by atoms with Crippen molar-refractivity contribution in [2.45, 2.75) is 13.0 Å². The fourth-order valence-corrected chi connectivity index (χ4v) is 3.37. The van der Waals surface area contributed by atoms with Crippen molar-refractivity contribution in [3.63, 3.8) is 0 Å². The van der Waals surface area contributed by atoms with Crippen LogP contribution in [0.2, 0.25) is 0 Å². The van der Waals surface area contributed by atoms with Crippen LogP contribution < -0.4 is 10.2 Å². The summed E-state index contributed by atoms with van der Waals surface area (Å²) in [7, 11) is 3.97. The fraction of sp³-hybridized carbons (Fsp3) is 0.500. The molecule has 0 saturated carbocycles. The van der Waals surface area contributed by atoms with E-state index in [1.807, 2.05) is 31.1 Å². The van der Waals surface area contributed by atoms with Gasteiger partial charge in [0.1, 0.15) is 0 Å². The van der Waals surface area contributed by atoms with Gasteiger partial charge in [-0.1, -0.05) is 24.3 Å². The molecule has 1 aromatic carbocycles. The van der Waals surface area contributed by atoms with Gasteiger partial charge in [0.15, 0.2) is 0 Å². The van der Waals surface area contributed by atoms with Gasteiger partial charge >= 0.3 is 0 Å². The first-order valence-electron chi connectivity index (χ1n) is 9.22. The van der Waals surface area contributed by atoms with Crippen molar-refractivity contribution in [3.8, 4) is 0 Å². The van der Waals surface area contributed by atoms with Gasteiger partial charge in [-0.05, 0) is 31.8 Å². The second-order valence-corrected chi connectivity index (χ2v) is 7.31. The minimum atomic E-state index is -0.240. The largest absolute Gasteiger partial charge is 0.364 e. The number of rotatable bonds is 7. The second-order valence-electron chi connectivity index (χ2n) is 7.31. The normalized spacial score (nSPS) is 19.7. The summed E-state index contributed by atoms with van der Waals surface area (Å²) in [6.07, 6.45) is 4.64. The van der Waals surface area contributed by atoms with Crippen molar-refractivity contribution in [1.82, 2.24) is 15.1 Å². The standard InChI is InChI=1S/C20H28N4O2/c1-22(2)10-11-24-15-17(13-19(24)25)20(26)21-14-16-6-5-7-18(12-16)23-8-3-4-9-23/h3-7,12,17H,8-11,13-15H2,1-2H3,(H,21,26). The van der Waals surface area contributed by atoms with Gasteiger partial charge in [-0.3, -0.25) is 9.59 Å². The second kappa shape index (κ2) is 8.36. The Morgan fingerprint density at radius 1 is 1.27 bits per heavy atom. The molecule has 2 aliphatic heterocycles. The van der Waals surface area contributed by atoms with Crippen LogP contribution in [-0.2, 0) is 16.1 Å².